The highest BCUT2D eigenvalue weighted by molar-refractivity contribution is 5.50. The maximum absolute atomic E-state index is 6.06. The van der Waals surface area contributed by atoms with Crippen LogP contribution in [-0.4, -0.2) is 12.1 Å². The summed E-state index contributed by atoms with van der Waals surface area (Å²) in [5, 5.41) is 3.65. The Balaban J connectivity index is 1.84. The molecule has 0 heterocycles. The van der Waals surface area contributed by atoms with Crippen LogP contribution in [0.4, 0.5) is 5.69 Å². The Labute approximate surface area is 114 Å². The molecule has 0 aliphatic heterocycles. The van der Waals surface area contributed by atoms with E-state index in [-0.39, 0.29) is 5.54 Å². The summed E-state index contributed by atoms with van der Waals surface area (Å²) in [5.41, 5.74) is 11.3. The van der Waals surface area contributed by atoms with E-state index >= 15 is 0 Å². The van der Waals surface area contributed by atoms with Crippen LogP contribution in [0.15, 0.2) is 48.5 Å². The number of aryl methyl sites for hydroxylation is 1. The van der Waals surface area contributed by atoms with Gasteiger partial charge in [-0.25, -0.2) is 0 Å². The molecule has 2 aromatic rings. The van der Waals surface area contributed by atoms with E-state index in [1.807, 2.05) is 0 Å². The number of hydrogen-bond acceptors (Lipinski definition) is 2. The summed E-state index contributed by atoms with van der Waals surface area (Å²) >= 11 is 0. The predicted octanol–water partition coefficient (Wildman–Crippen LogP) is 2.90. The van der Waals surface area contributed by atoms with Gasteiger partial charge >= 0.3 is 0 Å². The molecule has 0 amide bonds. The van der Waals surface area contributed by atoms with Gasteiger partial charge in [-0.05, 0) is 43.0 Å². The fourth-order valence-corrected chi connectivity index (χ4v) is 2.92. The van der Waals surface area contributed by atoms with Gasteiger partial charge < -0.3 is 11.1 Å². The van der Waals surface area contributed by atoms with E-state index in [9.17, 15) is 0 Å². The molecule has 0 fully saturated rings. The Hall–Kier alpha value is -1.80. The second kappa shape index (κ2) is 4.71. The number of nitrogens with one attached hydrogen (secondary N) is 1. The zero-order valence-corrected chi connectivity index (χ0v) is 11.3. The van der Waals surface area contributed by atoms with Crippen molar-refractivity contribution in [1.29, 1.82) is 0 Å². The minimum Gasteiger partial charge on any atom is -0.378 e. The fraction of sp³-hybridized carbons (Fsp3) is 0.294. The van der Waals surface area contributed by atoms with Crippen LogP contribution in [0.2, 0.25) is 0 Å². The molecule has 3 rings (SSSR count). The summed E-state index contributed by atoms with van der Waals surface area (Å²) < 4.78 is 0. The maximum atomic E-state index is 6.06. The first-order chi connectivity index (χ1) is 9.21. The number of rotatable bonds is 3. The van der Waals surface area contributed by atoms with Gasteiger partial charge in [0.25, 0.3) is 0 Å². The Morgan fingerprint density at radius 2 is 1.58 bits per heavy atom. The lowest BCUT2D eigenvalue weighted by Gasteiger charge is -2.30. The smallest absolute Gasteiger partial charge is 0.0576 e. The van der Waals surface area contributed by atoms with Crippen molar-refractivity contribution in [3.63, 3.8) is 0 Å². The van der Waals surface area contributed by atoms with E-state index in [1.54, 1.807) is 0 Å². The molecule has 2 nitrogen and oxygen atoms in total. The Morgan fingerprint density at radius 3 is 2.11 bits per heavy atom. The van der Waals surface area contributed by atoms with Crippen LogP contribution in [-0.2, 0) is 12.8 Å². The van der Waals surface area contributed by atoms with Crippen LogP contribution in [0.1, 0.15) is 16.7 Å². The average Bonchev–Trinajstić information content (AvgIpc) is 2.80. The topological polar surface area (TPSA) is 38.0 Å². The predicted molar refractivity (Wildman–Crippen MR) is 80.4 cm³/mol. The molecule has 19 heavy (non-hydrogen) atoms. The first kappa shape index (κ1) is 12.2. The lowest BCUT2D eigenvalue weighted by atomic mass is 9.95. The van der Waals surface area contributed by atoms with Gasteiger partial charge in [0.15, 0.2) is 0 Å². The summed E-state index contributed by atoms with van der Waals surface area (Å²) in [6, 6.07) is 17.2. The Kier molecular flexibility index (Phi) is 3.03. The Bertz CT molecular complexity index is 547. The highest BCUT2D eigenvalue weighted by Crippen LogP contribution is 2.32. The van der Waals surface area contributed by atoms with Gasteiger partial charge in [0.2, 0.25) is 0 Å². The molecule has 1 aliphatic rings. The summed E-state index contributed by atoms with van der Waals surface area (Å²) in [6.45, 7) is 2.75. The van der Waals surface area contributed by atoms with E-state index < -0.39 is 0 Å². The normalized spacial score (nSPS) is 16.1. The average molecular weight is 252 g/mol. The van der Waals surface area contributed by atoms with Gasteiger partial charge in [0.1, 0.15) is 0 Å². The lowest BCUT2D eigenvalue weighted by Crippen LogP contribution is -2.46. The third kappa shape index (κ3) is 2.36. The van der Waals surface area contributed by atoms with Crippen LogP contribution in [0.3, 0.4) is 0 Å². The molecule has 98 valence electrons. The van der Waals surface area contributed by atoms with Crippen molar-refractivity contribution in [1.82, 2.24) is 0 Å². The number of benzene rings is 2. The van der Waals surface area contributed by atoms with Crippen molar-refractivity contribution >= 4 is 5.69 Å². The molecule has 0 unspecified atom stereocenters. The molecule has 0 atom stereocenters. The van der Waals surface area contributed by atoms with Crippen molar-refractivity contribution in [2.24, 2.45) is 5.73 Å². The summed E-state index contributed by atoms with van der Waals surface area (Å²) in [6.07, 6.45) is 2.01. The van der Waals surface area contributed by atoms with Crippen molar-refractivity contribution in [3.05, 3.63) is 65.2 Å². The van der Waals surface area contributed by atoms with E-state index in [0.717, 1.165) is 18.5 Å². The molecule has 0 aromatic heterocycles. The molecule has 0 saturated heterocycles. The van der Waals surface area contributed by atoms with E-state index in [1.165, 1.54) is 16.7 Å². The SMILES string of the molecule is Cc1ccc(NC2(CN)Cc3ccccc3C2)cc1. The number of nitrogens with two attached hydrogens (primary N) is 1. The van der Waals surface area contributed by atoms with Crippen molar-refractivity contribution < 1.29 is 0 Å². The van der Waals surface area contributed by atoms with Crippen LogP contribution < -0.4 is 11.1 Å². The molecule has 3 N–H and O–H groups in total. The highest BCUT2D eigenvalue weighted by Gasteiger charge is 2.35. The van der Waals surface area contributed by atoms with Crippen molar-refractivity contribution in [2.45, 2.75) is 25.3 Å². The summed E-state index contributed by atoms with van der Waals surface area (Å²) in [4.78, 5) is 0. The first-order valence-electron chi connectivity index (χ1n) is 6.82. The molecule has 0 bridgehead atoms. The minimum absolute atomic E-state index is 0.0288. The van der Waals surface area contributed by atoms with Gasteiger partial charge in [-0.2, -0.15) is 0 Å². The molecule has 2 heteroatoms. The molecule has 0 spiro atoms. The van der Waals surface area contributed by atoms with E-state index in [0.29, 0.717) is 6.54 Å². The van der Waals surface area contributed by atoms with Crippen molar-refractivity contribution in [2.75, 3.05) is 11.9 Å². The van der Waals surface area contributed by atoms with Gasteiger partial charge in [0, 0.05) is 12.2 Å². The van der Waals surface area contributed by atoms with Gasteiger partial charge in [0.05, 0.1) is 5.54 Å². The zero-order valence-electron chi connectivity index (χ0n) is 11.3. The second-order valence-electron chi connectivity index (χ2n) is 5.60. The van der Waals surface area contributed by atoms with E-state index in [2.05, 4.69) is 60.8 Å². The largest absolute Gasteiger partial charge is 0.378 e. The Morgan fingerprint density at radius 1 is 1.00 bits per heavy atom. The summed E-state index contributed by atoms with van der Waals surface area (Å²) in [5.74, 6) is 0. The number of anilines is 1. The summed E-state index contributed by atoms with van der Waals surface area (Å²) in [7, 11) is 0. The monoisotopic (exact) mass is 252 g/mol. The van der Waals surface area contributed by atoms with Crippen molar-refractivity contribution in [3.8, 4) is 0 Å². The first-order valence-corrected chi connectivity index (χ1v) is 6.82. The minimum atomic E-state index is -0.0288. The zero-order chi connectivity index (χ0) is 13.3. The van der Waals surface area contributed by atoms with Crippen LogP contribution >= 0.6 is 0 Å². The molecule has 0 radical (unpaired) electrons. The molecule has 2 aromatic carbocycles. The van der Waals surface area contributed by atoms with Crippen LogP contribution in [0.5, 0.6) is 0 Å². The maximum Gasteiger partial charge on any atom is 0.0576 e. The third-order valence-electron chi connectivity index (χ3n) is 4.03. The second-order valence-corrected chi connectivity index (χ2v) is 5.60. The molecule has 1 aliphatic carbocycles. The molecular weight excluding hydrogens is 232 g/mol. The quantitative estimate of drug-likeness (QED) is 0.881. The fourth-order valence-electron chi connectivity index (χ4n) is 2.92. The molecule has 0 saturated carbocycles. The number of fused-ring (bicyclic) bond motifs is 1. The van der Waals surface area contributed by atoms with Crippen LogP contribution in [0, 0.1) is 6.92 Å². The van der Waals surface area contributed by atoms with Crippen LogP contribution in [0.25, 0.3) is 0 Å². The standard InChI is InChI=1S/C17H20N2/c1-13-6-8-16(9-7-13)19-17(12-18)10-14-4-2-3-5-15(14)11-17/h2-9,19H,10-12,18H2,1H3. The van der Waals surface area contributed by atoms with E-state index in [4.69, 9.17) is 5.73 Å². The van der Waals surface area contributed by atoms with Gasteiger partial charge in [-0.1, -0.05) is 42.0 Å². The highest BCUT2D eigenvalue weighted by atomic mass is 15.0. The number of hydrogen-bond donors (Lipinski definition) is 2. The lowest BCUT2D eigenvalue weighted by molar-refractivity contribution is 0.504. The molecular formula is C17H20N2. The van der Waals surface area contributed by atoms with Gasteiger partial charge in [-0.15, -0.1) is 0 Å². The van der Waals surface area contributed by atoms with Gasteiger partial charge in [-0.3, -0.25) is 0 Å². The third-order valence-corrected chi connectivity index (χ3v) is 4.03.